The van der Waals surface area contributed by atoms with Crippen LogP contribution in [0, 0.1) is 11.3 Å². The minimum atomic E-state index is -0.287. The van der Waals surface area contributed by atoms with Crippen LogP contribution in [-0.4, -0.2) is 11.2 Å². The summed E-state index contributed by atoms with van der Waals surface area (Å²) >= 11 is 12.0. The van der Waals surface area contributed by atoms with Crippen molar-refractivity contribution < 1.29 is 4.74 Å². The lowest BCUT2D eigenvalue weighted by Crippen LogP contribution is -2.18. The molecule has 0 radical (unpaired) electrons. The van der Waals surface area contributed by atoms with Gasteiger partial charge >= 0.3 is 0 Å². The molecule has 20 heavy (non-hydrogen) atoms. The number of nitrogens with zero attached hydrogens (tertiary/aromatic N) is 2. The van der Waals surface area contributed by atoms with E-state index in [-0.39, 0.29) is 17.2 Å². The fourth-order valence-electron chi connectivity index (χ4n) is 1.78. The number of nitriles is 1. The zero-order chi connectivity index (χ0) is 14.7. The van der Waals surface area contributed by atoms with E-state index in [0.29, 0.717) is 22.0 Å². The Morgan fingerprint density at radius 3 is 2.65 bits per heavy atom. The van der Waals surface area contributed by atoms with Crippen molar-refractivity contribution in [3.63, 3.8) is 0 Å². The van der Waals surface area contributed by atoms with Crippen LogP contribution in [0.3, 0.4) is 0 Å². The predicted octanol–water partition coefficient (Wildman–Crippen LogP) is 3.26. The van der Waals surface area contributed by atoms with Gasteiger partial charge in [-0.05, 0) is 30.3 Å². The third-order valence-corrected chi connectivity index (χ3v) is 3.38. The summed E-state index contributed by atoms with van der Waals surface area (Å²) in [4.78, 5) is 11.8. The van der Waals surface area contributed by atoms with E-state index in [2.05, 4.69) is 0 Å². The van der Waals surface area contributed by atoms with Gasteiger partial charge in [-0.2, -0.15) is 5.26 Å². The van der Waals surface area contributed by atoms with Gasteiger partial charge in [-0.1, -0.05) is 23.2 Å². The summed E-state index contributed by atoms with van der Waals surface area (Å²) in [6.45, 7) is -0.0465. The third kappa shape index (κ3) is 2.79. The number of halogens is 2. The highest BCUT2D eigenvalue weighted by atomic mass is 35.5. The minimum Gasteiger partial charge on any atom is -0.479 e. The maximum Gasteiger partial charge on any atom is 0.269 e. The highest BCUT2D eigenvalue weighted by Gasteiger charge is 2.10. The highest BCUT2D eigenvalue weighted by molar-refractivity contribution is 6.33. The normalized spacial score (nSPS) is 10.1. The molecule has 2 aromatic rings. The molecular weight excluding hydrogens is 299 g/mol. The molecule has 0 saturated heterocycles. The molecule has 0 aliphatic rings. The summed E-state index contributed by atoms with van der Waals surface area (Å²) in [6.07, 6.45) is 0. The van der Waals surface area contributed by atoms with E-state index in [0.717, 1.165) is 0 Å². The first-order valence-electron chi connectivity index (χ1n) is 5.70. The number of rotatable bonds is 3. The molecule has 0 saturated carbocycles. The monoisotopic (exact) mass is 308 g/mol. The van der Waals surface area contributed by atoms with Crippen LogP contribution < -0.4 is 10.3 Å². The SMILES string of the molecule is Cn1c(-c2ccc(OCC#N)cc2Cl)ccc(Cl)c1=O. The average molecular weight is 309 g/mol. The Hall–Kier alpha value is -1.96. The molecule has 0 fully saturated rings. The van der Waals surface area contributed by atoms with Crippen molar-refractivity contribution in [2.24, 2.45) is 7.05 Å². The van der Waals surface area contributed by atoms with Crippen LogP contribution in [0.4, 0.5) is 0 Å². The topological polar surface area (TPSA) is 55.0 Å². The van der Waals surface area contributed by atoms with Crippen LogP contribution >= 0.6 is 23.2 Å². The average Bonchev–Trinajstić information content (AvgIpc) is 2.44. The van der Waals surface area contributed by atoms with Gasteiger partial charge in [0.2, 0.25) is 0 Å². The molecule has 0 aliphatic carbocycles. The number of benzene rings is 1. The molecule has 0 N–H and O–H groups in total. The molecule has 1 aromatic carbocycles. The molecule has 1 aromatic heterocycles. The maximum atomic E-state index is 11.8. The maximum absolute atomic E-state index is 11.8. The van der Waals surface area contributed by atoms with Gasteiger partial charge in [0.15, 0.2) is 6.61 Å². The third-order valence-electron chi connectivity index (χ3n) is 2.78. The molecule has 0 spiro atoms. The molecule has 0 unspecified atom stereocenters. The van der Waals surface area contributed by atoms with Crippen molar-refractivity contribution in [3.05, 3.63) is 50.7 Å². The van der Waals surface area contributed by atoms with E-state index < -0.39 is 0 Å². The Morgan fingerprint density at radius 2 is 2.00 bits per heavy atom. The lowest BCUT2D eigenvalue weighted by atomic mass is 10.1. The Balaban J connectivity index is 2.47. The fourth-order valence-corrected chi connectivity index (χ4v) is 2.24. The number of aromatic nitrogens is 1. The van der Waals surface area contributed by atoms with E-state index in [4.69, 9.17) is 33.2 Å². The molecule has 0 bridgehead atoms. The van der Waals surface area contributed by atoms with Gasteiger partial charge in [0.25, 0.3) is 5.56 Å². The molecular formula is C14H10Cl2N2O2. The van der Waals surface area contributed by atoms with Crippen LogP contribution in [0.5, 0.6) is 5.75 Å². The molecule has 4 nitrogen and oxygen atoms in total. The van der Waals surface area contributed by atoms with E-state index in [1.54, 1.807) is 31.3 Å². The zero-order valence-electron chi connectivity index (χ0n) is 10.6. The summed E-state index contributed by atoms with van der Waals surface area (Å²) in [7, 11) is 1.62. The Kier molecular flexibility index (Phi) is 4.33. The summed E-state index contributed by atoms with van der Waals surface area (Å²) in [5, 5.41) is 9.05. The van der Waals surface area contributed by atoms with Gasteiger partial charge in [0, 0.05) is 12.6 Å². The molecule has 2 rings (SSSR count). The lowest BCUT2D eigenvalue weighted by Gasteiger charge is -2.11. The summed E-state index contributed by atoms with van der Waals surface area (Å²) < 4.78 is 6.59. The Morgan fingerprint density at radius 1 is 1.25 bits per heavy atom. The van der Waals surface area contributed by atoms with Crippen molar-refractivity contribution >= 4 is 23.2 Å². The second kappa shape index (κ2) is 6.00. The molecule has 0 amide bonds. The first-order chi connectivity index (χ1) is 9.54. The highest BCUT2D eigenvalue weighted by Crippen LogP contribution is 2.30. The molecule has 0 aliphatic heterocycles. The van der Waals surface area contributed by atoms with Crippen molar-refractivity contribution in [2.45, 2.75) is 0 Å². The predicted molar refractivity (Wildman–Crippen MR) is 78.2 cm³/mol. The van der Waals surface area contributed by atoms with E-state index in [9.17, 15) is 4.79 Å². The number of hydrogen-bond acceptors (Lipinski definition) is 3. The van der Waals surface area contributed by atoms with Crippen LogP contribution in [0.1, 0.15) is 0 Å². The molecule has 102 valence electrons. The van der Waals surface area contributed by atoms with E-state index >= 15 is 0 Å². The molecule has 1 heterocycles. The molecule has 6 heteroatoms. The Bertz CT molecular complexity index is 748. The number of ether oxygens (including phenoxy) is 1. The van der Waals surface area contributed by atoms with Crippen LogP contribution in [0.2, 0.25) is 10.0 Å². The van der Waals surface area contributed by atoms with Crippen LogP contribution in [0.25, 0.3) is 11.3 Å². The standard InChI is InChI=1S/C14H10Cl2N2O2/c1-18-13(5-4-11(15)14(18)19)10-3-2-9(8-12(10)16)20-7-6-17/h2-5,8H,7H2,1H3. The number of pyridine rings is 1. The first kappa shape index (κ1) is 14.4. The van der Waals surface area contributed by atoms with Gasteiger partial charge in [0.1, 0.15) is 16.8 Å². The van der Waals surface area contributed by atoms with Gasteiger partial charge in [0.05, 0.1) is 10.7 Å². The van der Waals surface area contributed by atoms with Gasteiger partial charge in [-0.25, -0.2) is 0 Å². The van der Waals surface area contributed by atoms with Crippen molar-refractivity contribution in [3.8, 4) is 23.1 Å². The zero-order valence-corrected chi connectivity index (χ0v) is 12.1. The van der Waals surface area contributed by atoms with Crippen LogP contribution in [0.15, 0.2) is 35.1 Å². The van der Waals surface area contributed by atoms with E-state index in [1.165, 1.54) is 10.6 Å². The number of hydrogen-bond donors (Lipinski definition) is 0. The molecule has 0 atom stereocenters. The quantitative estimate of drug-likeness (QED) is 0.874. The van der Waals surface area contributed by atoms with Crippen molar-refractivity contribution in [1.82, 2.24) is 4.57 Å². The van der Waals surface area contributed by atoms with Crippen molar-refractivity contribution in [1.29, 1.82) is 5.26 Å². The van der Waals surface area contributed by atoms with Gasteiger partial charge in [-0.3, -0.25) is 4.79 Å². The first-order valence-corrected chi connectivity index (χ1v) is 6.45. The smallest absolute Gasteiger partial charge is 0.269 e. The fraction of sp³-hybridized carbons (Fsp3) is 0.143. The van der Waals surface area contributed by atoms with Gasteiger partial charge < -0.3 is 9.30 Å². The summed E-state index contributed by atoms with van der Waals surface area (Å²) in [6, 6.07) is 10.2. The summed E-state index contributed by atoms with van der Waals surface area (Å²) in [5.41, 5.74) is 1.05. The minimum absolute atomic E-state index is 0.0465. The largest absolute Gasteiger partial charge is 0.479 e. The summed E-state index contributed by atoms with van der Waals surface area (Å²) in [5.74, 6) is 0.499. The Labute approximate surface area is 125 Å². The van der Waals surface area contributed by atoms with Crippen LogP contribution in [-0.2, 0) is 7.05 Å². The second-order valence-corrected chi connectivity index (χ2v) is 4.83. The van der Waals surface area contributed by atoms with Gasteiger partial charge in [-0.15, -0.1) is 0 Å². The van der Waals surface area contributed by atoms with E-state index in [1.807, 2.05) is 6.07 Å². The second-order valence-electron chi connectivity index (χ2n) is 4.02. The lowest BCUT2D eigenvalue weighted by molar-refractivity contribution is 0.368. The van der Waals surface area contributed by atoms with Crippen molar-refractivity contribution in [2.75, 3.05) is 6.61 Å².